The molecule has 1 aromatic carbocycles. The minimum atomic E-state index is -1.13. The number of nitrogens with one attached hydrogen (secondary N) is 1. The van der Waals surface area contributed by atoms with Crippen LogP contribution in [0.15, 0.2) is 35.1 Å². The number of hydrogen-bond donors (Lipinski definition) is 2. The second kappa shape index (κ2) is 5.75. The van der Waals surface area contributed by atoms with Crippen molar-refractivity contribution in [2.75, 3.05) is 12.4 Å². The van der Waals surface area contributed by atoms with E-state index in [0.29, 0.717) is 11.3 Å². The molecule has 1 aromatic heterocycles. The summed E-state index contributed by atoms with van der Waals surface area (Å²) >= 11 is 6.10. The fourth-order valence-corrected chi connectivity index (χ4v) is 2.16. The molecule has 7 heteroatoms. The summed E-state index contributed by atoms with van der Waals surface area (Å²) in [4.78, 5) is 27.1. The third-order valence-corrected chi connectivity index (χ3v) is 2.96. The monoisotopic (exact) mass is 293 g/mol. The number of halogens is 1. The van der Waals surface area contributed by atoms with Crippen LogP contribution in [0.5, 0.6) is 0 Å². The number of carboxylic acids is 1. The number of anilines is 1. The van der Waals surface area contributed by atoms with E-state index in [4.69, 9.17) is 16.7 Å². The molecule has 0 atom stereocenters. The van der Waals surface area contributed by atoms with Gasteiger partial charge in [-0.1, -0.05) is 41.9 Å². The van der Waals surface area contributed by atoms with E-state index in [9.17, 15) is 9.59 Å². The zero-order valence-corrected chi connectivity index (χ0v) is 11.4. The van der Waals surface area contributed by atoms with Gasteiger partial charge in [0.2, 0.25) is 0 Å². The van der Waals surface area contributed by atoms with Crippen molar-refractivity contribution in [1.29, 1.82) is 0 Å². The number of hydrogen-bond acceptors (Lipinski definition) is 4. The number of aromatic nitrogens is 2. The molecule has 6 nitrogen and oxygen atoms in total. The van der Waals surface area contributed by atoms with Crippen molar-refractivity contribution in [2.45, 2.75) is 6.54 Å². The molecule has 0 saturated heterocycles. The quantitative estimate of drug-likeness (QED) is 0.896. The SMILES string of the molecule is CNc1nc(Cl)c(-c2ccccc2)n(CC(=O)O)c1=O. The number of rotatable bonds is 4. The van der Waals surface area contributed by atoms with Crippen molar-refractivity contribution in [3.63, 3.8) is 0 Å². The maximum Gasteiger partial charge on any atom is 0.323 e. The van der Waals surface area contributed by atoms with Crippen molar-refractivity contribution in [3.05, 3.63) is 45.8 Å². The molecule has 2 rings (SSSR count). The Balaban J connectivity index is 2.75. The van der Waals surface area contributed by atoms with Crippen LogP contribution in [0.1, 0.15) is 0 Å². The van der Waals surface area contributed by atoms with Crippen LogP contribution < -0.4 is 10.9 Å². The van der Waals surface area contributed by atoms with E-state index in [0.717, 1.165) is 4.57 Å². The number of carbonyl (C=O) groups is 1. The molecule has 0 fully saturated rings. The molecular formula is C13H12ClN3O3. The Bertz CT molecular complexity index is 698. The topological polar surface area (TPSA) is 84.2 Å². The van der Waals surface area contributed by atoms with Crippen molar-refractivity contribution in [1.82, 2.24) is 9.55 Å². The fraction of sp³-hybridized carbons (Fsp3) is 0.154. The Kier molecular flexibility index (Phi) is 4.05. The second-order valence-electron chi connectivity index (χ2n) is 4.00. The van der Waals surface area contributed by atoms with Crippen LogP contribution in [0, 0.1) is 0 Å². The molecule has 0 aliphatic rings. The predicted octanol–water partition coefficient (Wildman–Crippen LogP) is 1.69. The van der Waals surface area contributed by atoms with E-state index in [2.05, 4.69) is 10.3 Å². The van der Waals surface area contributed by atoms with Gasteiger partial charge >= 0.3 is 5.97 Å². The number of aliphatic carboxylic acids is 1. The zero-order chi connectivity index (χ0) is 14.7. The lowest BCUT2D eigenvalue weighted by Crippen LogP contribution is -2.29. The Hall–Kier alpha value is -2.34. The Morgan fingerprint density at radius 2 is 2.05 bits per heavy atom. The first-order valence-electron chi connectivity index (χ1n) is 5.80. The van der Waals surface area contributed by atoms with Crippen LogP contribution in [0.25, 0.3) is 11.3 Å². The first-order valence-corrected chi connectivity index (χ1v) is 6.17. The highest BCUT2D eigenvalue weighted by atomic mass is 35.5. The van der Waals surface area contributed by atoms with Gasteiger partial charge in [0.05, 0.1) is 5.69 Å². The van der Waals surface area contributed by atoms with E-state index < -0.39 is 18.1 Å². The Labute approximate surface area is 119 Å². The number of benzene rings is 1. The fourth-order valence-electron chi connectivity index (χ4n) is 1.86. The lowest BCUT2D eigenvalue weighted by Gasteiger charge is -2.14. The summed E-state index contributed by atoms with van der Waals surface area (Å²) in [6.07, 6.45) is 0. The zero-order valence-electron chi connectivity index (χ0n) is 10.6. The minimum Gasteiger partial charge on any atom is -0.480 e. The molecule has 0 aliphatic carbocycles. The summed E-state index contributed by atoms with van der Waals surface area (Å²) in [7, 11) is 1.52. The van der Waals surface area contributed by atoms with Gasteiger partial charge in [0.15, 0.2) is 11.0 Å². The van der Waals surface area contributed by atoms with Crippen LogP contribution in [0.2, 0.25) is 5.15 Å². The number of nitrogens with zero attached hydrogens (tertiary/aromatic N) is 2. The van der Waals surface area contributed by atoms with Crippen molar-refractivity contribution in [3.8, 4) is 11.3 Å². The van der Waals surface area contributed by atoms with Crippen LogP contribution in [0.4, 0.5) is 5.82 Å². The van der Waals surface area contributed by atoms with Crippen LogP contribution >= 0.6 is 11.6 Å². The van der Waals surface area contributed by atoms with Gasteiger partial charge in [-0.2, -0.15) is 0 Å². The molecule has 0 saturated carbocycles. The molecule has 1 heterocycles. The summed E-state index contributed by atoms with van der Waals surface area (Å²) in [6, 6.07) is 8.83. The lowest BCUT2D eigenvalue weighted by molar-refractivity contribution is -0.137. The Morgan fingerprint density at radius 1 is 1.40 bits per heavy atom. The molecule has 0 spiro atoms. The molecule has 0 aliphatic heterocycles. The highest BCUT2D eigenvalue weighted by Gasteiger charge is 2.17. The standard InChI is InChI=1S/C13H12ClN3O3/c1-15-12-13(20)17(7-9(18)19)10(11(14)16-12)8-5-3-2-4-6-8/h2-6H,7H2,1H3,(H,15,16)(H,18,19). The predicted molar refractivity (Wildman–Crippen MR) is 76.1 cm³/mol. The molecule has 2 aromatic rings. The van der Waals surface area contributed by atoms with Gasteiger partial charge in [-0.15, -0.1) is 0 Å². The molecule has 2 N–H and O–H groups in total. The van der Waals surface area contributed by atoms with Gasteiger partial charge in [-0.25, -0.2) is 4.98 Å². The largest absolute Gasteiger partial charge is 0.480 e. The van der Waals surface area contributed by atoms with Crippen molar-refractivity contribution < 1.29 is 9.90 Å². The van der Waals surface area contributed by atoms with E-state index >= 15 is 0 Å². The number of carboxylic acid groups (broad SMARTS) is 1. The van der Waals surface area contributed by atoms with Gasteiger partial charge in [-0.3, -0.25) is 14.2 Å². The third-order valence-electron chi connectivity index (χ3n) is 2.70. The average molecular weight is 294 g/mol. The summed E-state index contributed by atoms with van der Waals surface area (Å²) in [5.74, 6) is -1.12. The molecular weight excluding hydrogens is 282 g/mol. The summed E-state index contributed by atoms with van der Waals surface area (Å²) in [5.41, 5.74) is 0.392. The van der Waals surface area contributed by atoms with E-state index in [1.165, 1.54) is 7.05 Å². The lowest BCUT2D eigenvalue weighted by atomic mass is 10.1. The van der Waals surface area contributed by atoms with Gasteiger partial charge in [0.1, 0.15) is 6.54 Å². The van der Waals surface area contributed by atoms with E-state index in [1.807, 2.05) is 6.07 Å². The molecule has 0 bridgehead atoms. The smallest absolute Gasteiger partial charge is 0.323 e. The average Bonchev–Trinajstić information content (AvgIpc) is 2.43. The molecule has 20 heavy (non-hydrogen) atoms. The van der Waals surface area contributed by atoms with Crippen LogP contribution in [-0.2, 0) is 11.3 Å². The molecule has 0 amide bonds. The first kappa shape index (κ1) is 14.1. The highest BCUT2D eigenvalue weighted by Crippen LogP contribution is 2.25. The van der Waals surface area contributed by atoms with Gasteiger partial charge in [0, 0.05) is 12.6 Å². The van der Waals surface area contributed by atoms with Crippen LogP contribution in [-0.4, -0.2) is 27.7 Å². The van der Waals surface area contributed by atoms with Crippen molar-refractivity contribution in [2.24, 2.45) is 0 Å². The van der Waals surface area contributed by atoms with E-state index in [1.54, 1.807) is 24.3 Å². The van der Waals surface area contributed by atoms with Gasteiger partial charge < -0.3 is 10.4 Å². The van der Waals surface area contributed by atoms with Crippen LogP contribution in [0.3, 0.4) is 0 Å². The van der Waals surface area contributed by atoms with Gasteiger partial charge in [-0.05, 0) is 0 Å². The second-order valence-corrected chi connectivity index (χ2v) is 4.36. The Morgan fingerprint density at radius 3 is 2.60 bits per heavy atom. The summed E-state index contributed by atoms with van der Waals surface area (Å²) in [5, 5.41) is 11.7. The molecule has 104 valence electrons. The summed E-state index contributed by atoms with van der Waals surface area (Å²) < 4.78 is 1.10. The van der Waals surface area contributed by atoms with Gasteiger partial charge in [0.25, 0.3) is 5.56 Å². The van der Waals surface area contributed by atoms with Crippen molar-refractivity contribution >= 4 is 23.4 Å². The first-order chi connectivity index (χ1) is 9.54. The van der Waals surface area contributed by atoms with E-state index in [-0.39, 0.29) is 11.0 Å². The minimum absolute atomic E-state index is 0.0101. The summed E-state index contributed by atoms with van der Waals surface area (Å²) in [6.45, 7) is -0.486. The maximum absolute atomic E-state index is 12.2. The third kappa shape index (κ3) is 2.65. The molecule has 0 unspecified atom stereocenters. The maximum atomic E-state index is 12.2. The molecule has 0 radical (unpaired) electrons. The highest BCUT2D eigenvalue weighted by molar-refractivity contribution is 6.32. The normalized spacial score (nSPS) is 10.3.